The molecular weight excluding hydrogens is 427 g/mol. The van der Waals surface area contributed by atoms with Crippen molar-refractivity contribution in [1.82, 2.24) is 15.1 Å². The third-order valence-electron chi connectivity index (χ3n) is 5.75. The summed E-state index contributed by atoms with van der Waals surface area (Å²) in [6.07, 6.45) is 0. The van der Waals surface area contributed by atoms with Gasteiger partial charge >= 0.3 is 0 Å². The van der Waals surface area contributed by atoms with Crippen molar-refractivity contribution in [2.24, 2.45) is 0 Å². The van der Waals surface area contributed by atoms with Crippen LogP contribution in [0.25, 0.3) is 11.5 Å². The van der Waals surface area contributed by atoms with Gasteiger partial charge in [0.15, 0.2) is 0 Å². The average Bonchev–Trinajstić information content (AvgIpc) is 3.31. The van der Waals surface area contributed by atoms with Crippen molar-refractivity contribution in [2.45, 2.75) is 6.04 Å². The Kier molecular flexibility index (Phi) is 5.88. The van der Waals surface area contributed by atoms with Gasteiger partial charge in [-0.1, -0.05) is 54.1 Å². The number of aromatic nitrogens is 2. The van der Waals surface area contributed by atoms with Crippen molar-refractivity contribution in [1.29, 1.82) is 0 Å². The molecule has 162 valence electrons. The molecular formula is C25H22ClFN4O. The Bertz CT molecular complexity index is 1170. The first-order valence-electron chi connectivity index (χ1n) is 10.6. The molecule has 5 nitrogen and oxygen atoms in total. The molecule has 0 bridgehead atoms. The number of hydrogen-bond donors (Lipinski definition) is 0. The second-order valence-corrected chi connectivity index (χ2v) is 8.18. The monoisotopic (exact) mass is 448 g/mol. The second-order valence-electron chi connectivity index (χ2n) is 7.74. The van der Waals surface area contributed by atoms with Crippen LogP contribution in [0.15, 0.2) is 83.3 Å². The smallest absolute Gasteiger partial charge is 0.247 e. The first-order valence-corrected chi connectivity index (χ1v) is 10.9. The molecule has 1 aromatic heterocycles. The molecule has 0 aliphatic carbocycles. The van der Waals surface area contributed by atoms with Crippen molar-refractivity contribution in [3.63, 3.8) is 0 Å². The van der Waals surface area contributed by atoms with Gasteiger partial charge in [-0.2, -0.15) is 0 Å². The third-order valence-corrected chi connectivity index (χ3v) is 6.01. The zero-order valence-corrected chi connectivity index (χ0v) is 18.1. The van der Waals surface area contributed by atoms with Crippen LogP contribution in [0, 0.1) is 5.82 Å². The summed E-state index contributed by atoms with van der Waals surface area (Å²) in [5.41, 5.74) is 2.55. The molecule has 32 heavy (non-hydrogen) atoms. The van der Waals surface area contributed by atoms with Crippen LogP contribution in [0.3, 0.4) is 0 Å². The maximum atomic E-state index is 14.3. The highest BCUT2D eigenvalue weighted by Crippen LogP contribution is 2.32. The first kappa shape index (κ1) is 20.7. The van der Waals surface area contributed by atoms with E-state index in [0.717, 1.165) is 24.2 Å². The molecule has 0 N–H and O–H groups in total. The van der Waals surface area contributed by atoms with Crippen molar-refractivity contribution >= 4 is 17.3 Å². The van der Waals surface area contributed by atoms with Gasteiger partial charge in [0, 0.05) is 36.8 Å². The minimum absolute atomic E-state index is 0.174. The van der Waals surface area contributed by atoms with Gasteiger partial charge in [0.1, 0.15) is 11.9 Å². The average molecular weight is 449 g/mol. The van der Waals surface area contributed by atoms with Crippen LogP contribution < -0.4 is 4.90 Å². The van der Waals surface area contributed by atoms with E-state index in [1.54, 1.807) is 18.2 Å². The molecule has 0 unspecified atom stereocenters. The molecule has 5 rings (SSSR count). The van der Waals surface area contributed by atoms with Crippen molar-refractivity contribution in [3.8, 4) is 11.5 Å². The number of para-hydroxylation sites is 1. The molecule has 1 aliphatic heterocycles. The predicted molar refractivity (Wildman–Crippen MR) is 123 cm³/mol. The Labute approximate surface area is 191 Å². The predicted octanol–water partition coefficient (Wildman–Crippen LogP) is 5.44. The van der Waals surface area contributed by atoms with Gasteiger partial charge in [0.25, 0.3) is 0 Å². The lowest BCUT2D eigenvalue weighted by atomic mass is 10.0. The number of nitrogens with zero attached hydrogens (tertiary/aromatic N) is 4. The largest absolute Gasteiger partial charge is 0.419 e. The molecule has 1 fully saturated rings. The van der Waals surface area contributed by atoms with Crippen molar-refractivity contribution in [2.75, 3.05) is 31.1 Å². The molecule has 0 radical (unpaired) electrons. The van der Waals surface area contributed by atoms with Crippen LogP contribution in [0.5, 0.6) is 0 Å². The number of piperazine rings is 1. The fourth-order valence-electron chi connectivity index (χ4n) is 4.13. The Morgan fingerprint density at radius 3 is 2.22 bits per heavy atom. The van der Waals surface area contributed by atoms with Crippen LogP contribution in [-0.4, -0.2) is 41.3 Å². The lowest BCUT2D eigenvalue weighted by Gasteiger charge is -2.39. The van der Waals surface area contributed by atoms with E-state index in [1.807, 2.05) is 42.5 Å². The van der Waals surface area contributed by atoms with E-state index < -0.39 is 0 Å². The van der Waals surface area contributed by atoms with Gasteiger partial charge in [-0.3, -0.25) is 4.90 Å². The summed E-state index contributed by atoms with van der Waals surface area (Å²) in [7, 11) is 0. The maximum absolute atomic E-state index is 14.3. The van der Waals surface area contributed by atoms with Crippen LogP contribution >= 0.6 is 11.6 Å². The van der Waals surface area contributed by atoms with E-state index in [4.69, 9.17) is 16.0 Å². The molecule has 0 saturated carbocycles. The van der Waals surface area contributed by atoms with E-state index in [2.05, 4.69) is 32.1 Å². The van der Waals surface area contributed by atoms with Gasteiger partial charge in [0.05, 0.1) is 5.69 Å². The normalized spacial score (nSPS) is 15.6. The van der Waals surface area contributed by atoms with E-state index in [0.29, 0.717) is 35.6 Å². The van der Waals surface area contributed by atoms with Gasteiger partial charge in [-0.05, 0) is 42.0 Å². The fraction of sp³-hybridized carbons (Fsp3) is 0.200. The fourth-order valence-corrected chi connectivity index (χ4v) is 4.25. The lowest BCUT2D eigenvalue weighted by Crippen LogP contribution is -2.48. The summed E-state index contributed by atoms with van der Waals surface area (Å²) >= 11 is 6.00. The summed E-state index contributed by atoms with van der Waals surface area (Å²) in [6, 6.07) is 24.2. The minimum atomic E-state index is -0.190. The van der Waals surface area contributed by atoms with Crippen molar-refractivity contribution in [3.05, 3.63) is 101 Å². The number of benzene rings is 3. The van der Waals surface area contributed by atoms with Gasteiger partial charge < -0.3 is 9.32 Å². The number of anilines is 1. The van der Waals surface area contributed by atoms with E-state index in [9.17, 15) is 4.39 Å². The lowest BCUT2D eigenvalue weighted by molar-refractivity contribution is 0.187. The Morgan fingerprint density at radius 1 is 0.812 bits per heavy atom. The van der Waals surface area contributed by atoms with Crippen molar-refractivity contribution < 1.29 is 8.81 Å². The first-order chi connectivity index (χ1) is 15.7. The SMILES string of the molecule is Fc1ccccc1N1CCN([C@@H](c2ccccc2)c2nnc(-c3ccc(Cl)cc3)o2)CC1. The Hall–Kier alpha value is -3.22. The van der Waals surface area contributed by atoms with Gasteiger partial charge in [-0.25, -0.2) is 4.39 Å². The number of halogens is 2. The quantitative estimate of drug-likeness (QED) is 0.406. The van der Waals surface area contributed by atoms with E-state index in [1.165, 1.54) is 6.07 Å². The summed E-state index contributed by atoms with van der Waals surface area (Å²) in [5, 5.41) is 9.33. The third kappa shape index (κ3) is 4.24. The summed E-state index contributed by atoms with van der Waals surface area (Å²) in [4.78, 5) is 4.40. The summed E-state index contributed by atoms with van der Waals surface area (Å²) < 4.78 is 20.4. The molecule has 0 amide bonds. The van der Waals surface area contributed by atoms with Gasteiger partial charge in [0.2, 0.25) is 11.8 Å². The Balaban J connectivity index is 1.41. The Morgan fingerprint density at radius 2 is 1.50 bits per heavy atom. The highest BCUT2D eigenvalue weighted by molar-refractivity contribution is 6.30. The zero-order chi connectivity index (χ0) is 21.9. The van der Waals surface area contributed by atoms with E-state index in [-0.39, 0.29) is 11.9 Å². The standard InChI is InChI=1S/C25H22ClFN4O/c26-20-12-10-19(11-13-20)24-28-29-25(32-24)23(18-6-2-1-3-7-18)31-16-14-30(15-17-31)22-9-5-4-8-21(22)27/h1-13,23H,14-17H2/t23-/m0/s1. The molecule has 1 aliphatic rings. The minimum Gasteiger partial charge on any atom is -0.419 e. The second kappa shape index (κ2) is 9.10. The van der Waals surface area contributed by atoms with Crippen LogP contribution in [-0.2, 0) is 0 Å². The molecule has 1 atom stereocenters. The number of rotatable bonds is 5. The molecule has 0 spiro atoms. The highest BCUT2D eigenvalue weighted by Gasteiger charge is 2.31. The van der Waals surface area contributed by atoms with Crippen LogP contribution in [0.4, 0.5) is 10.1 Å². The molecule has 3 aromatic carbocycles. The maximum Gasteiger partial charge on any atom is 0.247 e. The summed E-state index contributed by atoms with van der Waals surface area (Å²) in [6.45, 7) is 2.91. The highest BCUT2D eigenvalue weighted by atomic mass is 35.5. The van der Waals surface area contributed by atoms with Crippen LogP contribution in [0.2, 0.25) is 5.02 Å². The summed E-state index contributed by atoms with van der Waals surface area (Å²) in [5.74, 6) is 0.813. The van der Waals surface area contributed by atoms with E-state index >= 15 is 0 Å². The zero-order valence-electron chi connectivity index (χ0n) is 17.4. The van der Waals surface area contributed by atoms with Crippen LogP contribution in [0.1, 0.15) is 17.5 Å². The number of hydrogen-bond acceptors (Lipinski definition) is 5. The molecule has 7 heteroatoms. The van der Waals surface area contributed by atoms with Gasteiger partial charge in [-0.15, -0.1) is 10.2 Å². The molecule has 1 saturated heterocycles. The molecule has 2 heterocycles. The topological polar surface area (TPSA) is 45.4 Å². The molecule has 4 aromatic rings.